The molecule has 4 fully saturated rings. The number of fused-ring (bicyclic) bond motifs is 5. The highest BCUT2D eigenvalue weighted by molar-refractivity contribution is 7.91. The van der Waals surface area contributed by atoms with E-state index in [0.29, 0.717) is 71.2 Å². The van der Waals surface area contributed by atoms with Gasteiger partial charge in [-0.3, -0.25) is 19.1 Å². The molecule has 2 aliphatic heterocycles. The molecular weight excluding hydrogens is 822 g/mol. The summed E-state index contributed by atoms with van der Waals surface area (Å²) in [5.74, 6) is -2.06. The van der Waals surface area contributed by atoms with Crippen LogP contribution < -0.4 is 24.8 Å². The van der Waals surface area contributed by atoms with E-state index in [1.54, 1.807) is 37.4 Å². The van der Waals surface area contributed by atoms with E-state index in [0.717, 1.165) is 38.5 Å². The van der Waals surface area contributed by atoms with Crippen molar-refractivity contribution in [1.82, 2.24) is 25.2 Å². The Kier molecular flexibility index (Phi) is 11.3. The van der Waals surface area contributed by atoms with Crippen LogP contribution in [0.2, 0.25) is 0 Å². The quantitative estimate of drug-likeness (QED) is 0.163. The maximum Gasteiger partial charge on any atom is 0.408 e. The van der Waals surface area contributed by atoms with Crippen LogP contribution in [0.15, 0.2) is 65.1 Å². The van der Waals surface area contributed by atoms with E-state index in [2.05, 4.69) is 15.4 Å². The van der Waals surface area contributed by atoms with Gasteiger partial charge in [0.1, 0.15) is 52.5 Å². The fraction of sp³-hybridized carbons (Fsp3) is 0.489. The normalized spacial score (nSPS) is 26.5. The zero-order valence-electron chi connectivity index (χ0n) is 34.4. The van der Waals surface area contributed by atoms with Gasteiger partial charge in [-0.05, 0) is 101 Å². The smallest absolute Gasteiger partial charge is 0.408 e. The van der Waals surface area contributed by atoms with E-state index in [-0.39, 0.29) is 31.2 Å². The third-order valence-corrected chi connectivity index (χ3v) is 14.6. The van der Waals surface area contributed by atoms with Gasteiger partial charge >= 0.3 is 6.09 Å². The Morgan fingerprint density at radius 1 is 0.968 bits per heavy atom. The standard InChI is InChI=1S/C45H50FN5O10S/c1-58-30-17-20-33-37(22-30)61-40-38(23-35(47-39(33)40)26-13-15-28(46)16-14-26)59-31-21-36-41(52)49-45(43(54)50-62(56,57)32-18-19-32)24-27(45)9-5-3-2-4-6-12-34(42(53)51(36)25-31)48-44(55)60-29-10-7-8-11-29/h5,9,13-17,20,22-23,27,29,31-32,34,36H,2-4,6-8,10-12,18-19,21,24-25H2,1H3,(H,48,55)(H,49,52)(H,50,54)/b9-5-/t27-,31+,34-,36-,45+/m0/s1. The van der Waals surface area contributed by atoms with Crippen molar-refractivity contribution in [2.45, 2.75) is 119 Å². The number of hydrogen-bond donors (Lipinski definition) is 3. The van der Waals surface area contributed by atoms with Gasteiger partial charge < -0.3 is 34.2 Å². The summed E-state index contributed by atoms with van der Waals surface area (Å²) in [4.78, 5) is 62.9. The molecule has 0 spiro atoms. The average molecular weight is 872 g/mol. The number of pyridine rings is 1. The summed E-state index contributed by atoms with van der Waals surface area (Å²) in [6.07, 6.45) is 9.57. The van der Waals surface area contributed by atoms with Gasteiger partial charge in [-0.1, -0.05) is 25.0 Å². The summed E-state index contributed by atoms with van der Waals surface area (Å²) < 4.78 is 66.4. The number of allylic oxidation sites excluding steroid dienone is 1. The van der Waals surface area contributed by atoms with Gasteiger partial charge in [0.15, 0.2) is 11.3 Å². The number of furan rings is 1. The summed E-state index contributed by atoms with van der Waals surface area (Å²) in [6.45, 7) is -0.0882. The number of sulfonamides is 1. The maximum absolute atomic E-state index is 14.8. The molecule has 3 N–H and O–H groups in total. The number of alkyl carbamates (subject to hydrolysis) is 1. The number of nitrogens with zero attached hydrogens (tertiary/aromatic N) is 2. The number of benzene rings is 2. The highest BCUT2D eigenvalue weighted by Gasteiger charge is 2.62. The molecule has 17 heteroatoms. The molecule has 15 nitrogen and oxygen atoms in total. The molecule has 0 radical (unpaired) electrons. The number of aromatic nitrogens is 1. The molecular formula is C45H50FN5O10S. The molecule has 0 unspecified atom stereocenters. The summed E-state index contributed by atoms with van der Waals surface area (Å²) in [5.41, 5.74) is 0.748. The largest absolute Gasteiger partial charge is 0.497 e. The number of hydrogen-bond acceptors (Lipinski definition) is 11. The van der Waals surface area contributed by atoms with Gasteiger partial charge in [-0.2, -0.15) is 0 Å². The molecule has 0 bridgehead atoms. The third kappa shape index (κ3) is 8.55. The van der Waals surface area contributed by atoms with Crippen LogP contribution in [0.1, 0.15) is 83.5 Å². The van der Waals surface area contributed by atoms with Crippen LogP contribution >= 0.6 is 0 Å². The van der Waals surface area contributed by atoms with Crippen molar-refractivity contribution in [2.24, 2.45) is 5.92 Å². The Hall–Kier alpha value is -5.71. The summed E-state index contributed by atoms with van der Waals surface area (Å²) in [7, 11) is -2.39. The van der Waals surface area contributed by atoms with Crippen molar-refractivity contribution in [3.63, 3.8) is 0 Å². The van der Waals surface area contributed by atoms with Gasteiger partial charge in [0.2, 0.25) is 21.8 Å². The number of amides is 4. The molecule has 4 heterocycles. The monoisotopic (exact) mass is 871 g/mol. The van der Waals surface area contributed by atoms with Gasteiger partial charge in [0.05, 0.1) is 24.6 Å². The molecule has 9 rings (SSSR count). The minimum Gasteiger partial charge on any atom is -0.497 e. The number of rotatable bonds is 9. The van der Waals surface area contributed by atoms with Crippen molar-refractivity contribution in [3.8, 4) is 22.8 Å². The Bertz CT molecular complexity index is 2540. The lowest BCUT2D eigenvalue weighted by atomic mass is 10.0. The van der Waals surface area contributed by atoms with Crippen LogP contribution in [0.25, 0.3) is 33.3 Å². The third-order valence-electron chi connectivity index (χ3n) is 12.7. The van der Waals surface area contributed by atoms with Crippen LogP contribution in [0.4, 0.5) is 9.18 Å². The summed E-state index contributed by atoms with van der Waals surface area (Å²) >= 11 is 0. The van der Waals surface area contributed by atoms with Crippen molar-refractivity contribution in [3.05, 3.63) is 66.5 Å². The second kappa shape index (κ2) is 16.9. The number of nitrogens with one attached hydrogen (secondary N) is 3. The molecule has 3 saturated carbocycles. The van der Waals surface area contributed by atoms with E-state index in [9.17, 15) is 32.0 Å². The van der Waals surface area contributed by atoms with E-state index < -0.39 is 74.5 Å². The Morgan fingerprint density at radius 3 is 2.50 bits per heavy atom. The van der Waals surface area contributed by atoms with Crippen molar-refractivity contribution in [1.29, 1.82) is 0 Å². The lowest BCUT2D eigenvalue weighted by Gasteiger charge is -2.30. The fourth-order valence-electron chi connectivity index (χ4n) is 9.03. The first-order chi connectivity index (χ1) is 29.9. The Balaban J connectivity index is 1.06. The average Bonchev–Trinajstić information content (AvgIpc) is 4.07. The topological polar surface area (TPSA) is 195 Å². The predicted molar refractivity (Wildman–Crippen MR) is 225 cm³/mol. The molecule has 3 aliphatic carbocycles. The van der Waals surface area contributed by atoms with Crippen LogP contribution in [0.5, 0.6) is 11.5 Å². The Morgan fingerprint density at radius 2 is 1.74 bits per heavy atom. The van der Waals surface area contributed by atoms with Gasteiger partial charge in [0.25, 0.3) is 5.91 Å². The number of halogens is 1. The lowest BCUT2D eigenvalue weighted by Crippen LogP contribution is -2.58. The summed E-state index contributed by atoms with van der Waals surface area (Å²) in [6, 6.07) is 10.6. The molecule has 1 saturated heterocycles. The SMILES string of the molecule is COc1ccc2c(c1)oc1c(O[C@@H]3C[C@H]4C(=O)N[C@]5(C(=O)NS(=O)(=O)C6CC6)C[C@@H]5/C=C\CCCCC[C@H](NC(=O)OC5CCCC5)C(=O)N4C3)cc(-c3ccc(F)cc3)nc12. The second-order valence-electron chi connectivity index (χ2n) is 17.2. The van der Waals surface area contributed by atoms with Crippen LogP contribution in [0.3, 0.4) is 0 Å². The van der Waals surface area contributed by atoms with Crippen LogP contribution in [-0.4, -0.2) is 90.9 Å². The first-order valence-electron chi connectivity index (χ1n) is 21.6. The molecule has 4 amide bonds. The zero-order chi connectivity index (χ0) is 43.2. The van der Waals surface area contributed by atoms with E-state index in [4.69, 9.17) is 23.6 Å². The van der Waals surface area contributed by atoms with Crippen LogP contribution in [0, 0.1) is 11.7 Å². The molecule has 4 aromatic rings. The lowest BCUT2D eigenvalue weighted by molar-refractivity contribution is -0.141. The number of carbonyl (C=O) groups is 4. The first-order valence-corrected chi connectivity index (χ1v) is 23.1. The highest BCUT2D eigenvalue weighted by Crippen LogP contribution is 2.46. The first kappa shape index (κ1) is 41.6. The van der Waals surface area contributed by atoms with Gasteiger partial charge in [0, 0.05) is 35.4 Å². The minimum absolute atomic E-state index is 0.0286. The van der Waals surface area contributed by atoms with Gasteiger partial charge in [-0.15, -0.1) is 0 Å². The van der Waals surface area contributed by atoms with E-state index in [1.165, 1.54) is 17.0 Å². The van der Waals surface area contributed by atoms with Crippen molar-refractivity contribution in [2.75, 3.05) is 13.7 Å². The van der Waals surface area contributed by atoms with E-state index >= 15 is 0 Å². The van der Waals surface area contributed by atoms with Gasteiger partial charge in [-0.25, -0.2) is 22.6 Å². The van der Waals surface area contributed by atoms with Crippen molar-refractivity contribution < 1.29 is 50.6 Å². The maximum atomic E-state index is 14.8. The number of carbonyl (C=O) groups excluding carboxylic acids is 4. The molecule has 328 valence electrons. The van der Waals surface area contributed by atoms with Crippen molar-refractivity contribution >= 4 is 55.9 Å². The molecule has 5 atom stereocenters. The van der Waals surface area contributed by atoms with E-state index in [1.807, 2.05) is 18.2 Å². The Labute approximate surface area is 358 Å². The molecule has 62 heavy (non-hydrogen) atoms. The second-order valence-corrected chi connectivity index (χ2v) is 19.1. The predicted octanol–water partition coefficient (Wildman–Crippen LogP) is 6.19. The number of ether oxygens (including phenoxy) is 3. The summed E-state index contributed by atoms with van der Waals surface area (Å²) in [5, 5.41) is 5.72. The zero-order valence-corrected chi connectivity index (χ0v) is 35.2. The molecule has 5 aliphatic rings. The highest BCUT2D eigenvalue weighted by atomic mass is 32.2. The molecule has 2 aromatic heterocycles. The number of methoxy groups -OCH3 is 1. The minimum atomic E-state index is -3.94. The molecule has 2 aromatic carbocycles. The van der Waals surface area contributed by atoms with Crippen LogP contribution in [-0.2, 0) is 29.1 Å². The fourth-order valence-corrected chi connectivity index (χ4v) is 10.4.